The molecule has 0 aliphatic carbocycles. The quantitative estimate of drug-likeness (QED) is 0.806. The van der Waals surface area contributed by atoms with Crippen LogP contribution in [0.25, 0.3) is 0 Å². The Kier molecular flexibility index (Phi) is 6.04. The van der Waals surface area contributed by atoms with Crippen molar-refractivity contribution in [1.29, 1.82) is 0 Å². The molecule has 5 nitrogen and oxygen atoms in total. The Morgan fingerprint density at radius 3 is 2.52 bits per heavy atom. The number of esters is 1. The van der Waals surface area contributed by atoms with Crippen LogP contribution in [-0.2, 0) is 17.7 Å². The van der Waals surface area contributed by atoms with E-state index in [9.17, 15) is 9.90 Å². The number of carbonyl (C=O) groups is 1. The van der Waals surface area contributed by atoms with Gasteiger partial charge in [0.25, 0.3) is 0 Å². The number of carbonyl (C=O) groups excluding carboxylic acids is 1. The highest BCUT2D eigenvalue weighted by Crippen LogP contribution is 2.24. The summed E-state index contributed by atoms with van der Waals surface area (Å²) in [5, 5.41) is 14.6. The fourth-order valence-electron chi connectivity index (χ4n) is 2.43. The smallest absolute Gasteiger partial charge is 0.356 e. The van der Waals surface area contributed by atoms with Crippen molar-refractivity contribution >= 4 is 29.2 Å². The van der Waals surface area contributed by atoms with Crippen LogP contribution in [0.1, 0.15) is 34.2 Å². The molecule has 1 aromatic heterocycles. The van der Waals surface area contributed by atoms with Crippen LogP contribution in [0.5, 0.6) is 0 Å². The van der Waals surface area contributed by atoms with Crippen LogP contribution >= 0.6 is 23.2 Å². The van der Waals surface area contributed by atoms with Crippen LogP contribution in [0.4, 0.5) is 0 Å². The van der Waals surface area contributed by atoms with E-state index in [1.807, 2.05) is 6.92 Å². The molecule has 0 fully saturated rings. The van der Waals surface area contributed by atoms with Crippen LogP contribution in [-0.4, -0.2) is 34.1 Å². The van der Waals surface area contributed by atoms with Gasteiger partial charge in [0.15, 0.2) is 0 Å². The minimum absolute atomic E-state index is 0.115. The molecule has 1 N–H and O–H groups in total. The van der Waals surface area contributed by atoms with E-state index < -0.39 is 5.97 Å². The van der Waals surface area contributed by atoms with Crippen molar-refractivity contribution in [1.82, 2.24) is 9.78 Å². The molecule has 0 spiro atoms. The average Bonchev–Trinajstić information content (AvgIpc) is 2.74. The number of aromatic nitrogens is 2. The van der Waals surface area contributed by atoms with Crippen molar-refractivity contribution in [2.24, 2.45) is 0 Å². The van der Waals surface area contributed by atoms with Crippen LogP contribution in [0.3, 0.4) is 0 Å². The number of halogens is 2. The summed E-state index contributed by atoms with van der Waals surface area (Å²) < 4.78 is 6.60. The first kappa shape index (κ1) is 17.8. The molecular formula is C16H18Cl2N2O3. The number of benzene rings is 1. The first-order valence-corrected chi connectivity index (χ1v) is 8.01. The number of aliphatic hydroxyl groups is 1. The highest BCUT2D eigenvalue weighted by Gasteiger charge is 2.23. The summed E-state index contributed by atoms with van der Waals surface area (Å²) in [6.07, 6.45) is 0.450. The number of rotatable bonds is 6. The zero-order valence-corrected chi connectivity index (χ0v) is 14.5. The molecule has 2 aromatic rings. The number of nitrogens with zero attached hydrogens (tertiary/aromatic N) is 2. The number of ether oxygens (including phenoxy) is 1. The molecule has 0 atom stereocenters. The second kappa shape index (κ2) is 7.81. The maximum atomic E-state index is 12.3. The van der Waals surface area contributed by atoms with Crippen molar-refractivity contribution in [3.63, 3.8) is 0 Å². The molecule has 0 radical (unpaired) electrons. The highest BCUT2D eigenvalue weighted by atomic mass is 35.5. The Morgan fingerprint density at radius 2 is 1.96 bits per heavy atom. The van der Waals surface area contributed by atoms with Crippen molar-refractivity contribution in [2.75, 3.05) is 13.2 Å². The summed E-state index contributed by atoms with van der Waals surface area (Å²) >= 11 is 12.1. The van der Waals surface area contributed by atoms with Crippen molar-refractivity contribution in [3.8, 4) is 0 Å². The van der Waals surface area contributed by atoms with E-state index in [-0.39, 0.29) is 19.8 Å². The number of hydrogen-bond donors (Lipinski definition) is 1. The lowest BCUT2D eigenvalue weighted by molar-refractivity contribution is 0.0509. The first-order chi connectivity index (χ1) is 11.0. The molecule has 124 valence electrons. The van der Waals surface area contributed by atoms with Crippen LogP contribution in [0.15, 0.2) is 18.2 Å². The second-order valence-corrected chi connectivity index (χ2v) is 5.91. The lowest BCUT2D eigenvalue weighted by Crippen LogP contribution is -2.16. The van der Waals surface area contributed by atoms with Crippen LogP contribution in [0, 0.1) is 6.92 Å². The lowest BCUT2D eigenvalue weighted by Gasteiger charge is -2.09. The third-order valence-corrected chi connectivity index (χ3v) is 3.77. The highest BCUT2D eigenvalue weighted by molar-refractivity contribution is 6.34. The fraction of sp³-hybridized carbons (Fsp3) is 0.375. The number of hydrogen-bond acceptors (Lipinski definition) is 4. The predicted molar refractivity (Wildman–Crippen MR) is 89.3 cm³/mol. The molecule has 0 bridgehead atoms. The van der Waals surface area contributed by atoms with E-state index in [0.29, 0.717) is 27.9 Å². The van der Waals surface area contributed by atoms with Gasteiger partial charge in [-0.3, -0.25) is 4.68 Å². The molecule has 0 amide bonds. The van der Waals surface area contributed by atoms with Crippen molar-refractivity contribution < 1.29 is 14.6 Å². The van der Waals surface area contributed by atoms with Gasteiger partial charge in [-0.2, -0.15) is 5.10 Å². The monoisotopic (exact) mass is 356 g/mol. The van der Waals surface area contributed by atoms with Crippen molar-refractivity contribution in [2.45, 2.75) is 26.8 Å². The Bertz CT molecular complexity index is 693. The SMILES string of the molecule is CCOC(=O)c1c(Cc2cc(Cl)cc(Cl)c2)c(C)nn1CCO. The van der Waals surface area contributed by atoms with Gasteiger partial charge in [0.2, 0.25) is 0 Å². The van der Waals surface area contributed by atoms with Gasteiger partial charge in [-0.25, -0.2) is 4.79 Å². The average molecular weight is 357 g/mol. The standard InChI is InChI=1S/C16H18Cl2N2O3/c1-3-23-16(22)15-14(10(2)19-20(15)4-5-21)8-11-6-12(17)9-13(18)7-11/h6-7,9,21H,3-5,8H2,1-2H3. The molecular weight excluding hydrogens is 339 g/mol. The Morgan fingerprint density at radius 1 is 1.30 bits per heavy atom. The van der Waals surface area contributed by atoms with Gasteiger partial charge in [0.1, 0.15) is 5.69 Å². The molecule has 0 aliphatic rings. The van der Waals surface area contributed by atoms with Crippen LogP contribution in [0.2, 0.25) is 10.0 Å². The van der Waals surface area contributed by atoms with Gasteiger partial charge in [-0.15, -0.1) is 0 Å². The molecule has 0 aliphatic heterocycles. The molecule has 0 saturated heterocycles. The van der Waals surface area contributed by atoms with E-state index >= 15 is 0 Å². The molecule has 0 saturated carbocycles. The normalized spacial score (nSPS) is 10.8. The number of aliphatic hydroxyl groups excluding tert-OH is 1. The number of aryl methyl sites for hydroxylation is 1. The minimum Gasteiger partial charge on any atom is -0.461 e. The predicted octanol–water partition coefficient (Wildman–Crippen LogP) is 3.26. The zero-order chi connectivity index (χ0) is 17.0. The van der Waals surface area contributed by atoms with Gasteiger partial charge >= 0.3 is 5.97 Å². The molecule has 2 rings (SSSR count). The van der Waals surface area contributed by atoms with E-state index in [1.54, 1.807) is 25.1 Å². The lowest BCUT2D eigenvalue weighted by atomic mass is 10.0. The molecule has 0 unspecified atom stereocenters. The van der Waals surface area contributed by atoms with Gasteiger partial charge in [-0.1, -0.05) is 23.2 Å². The third kappa shape index (κ3) is 4.25. The van der Waals surface area contributed by atoms with Gasteiger partial charge in [0, 0.05) is 22.0 Å². The summed E-state index contributed by atoms with van der Waals surface area (Å²) in [5.41, 5.74) is 2.68. The van der Waals surface area contributed by atoms with Gasteiger partial charge in [-0.05, 0) is 37.6 Å². The second-order valence-electron chi connectivity index (χ2n) is 5.03. The van der Waals surface area contributed by atoms with Crippen LogP contribution < -0.4 is 0 Å². The van der Waals surface area contributed by atoms with E-state index in [0.717, 1.165) is 11.1 Å². The van der Waals surface area contributed by atoms with Gasteiger partial charge < -0.3 is 9.84 Å². The first-order valence-electron chi connectivity index (χ1n) is 7.25. The van der Waals surface area contributed by atoms with E-state index in [2.05, 4.69) is 5.10 Å². The molecule has 1 heterocycles. The molecule has 7 heteroatoms. The minimum atomic E-state index is -0.454. The Hall–Kier alpha value is -1.56. The topological polar surface area (TPSA) is 64.3 Å². The summed E-state index contributed by atoms with van der Waals surface area (Å²) in [6, 6.07) is 5.25. The summed E-state index contributed by atoms with van der Waals surface area (Å²) in [4.78, 5) is 12.3. The third-order valence-electron chi connectivity index (χ3n) is 3.34. The summed E-state index contributed by atoms with van der Waals surface area (Å²) in [5.74, 6) is -0.454. The zero-order valence-electron chi connectivity index (χ0n) is 13.0. The van der Waals surface area contributed by atoms with Crippen molar-refractivity contribution in [3.05, 3.63) is 50.8 Å². The largest absolute Gasteiger partial charge is 0.461 e. The molecule has 1 aromatic carbocycles. The fourth-order valence-corrected chi connectivity index (χ4v) is 3.00. The van der Waals surface area contributed by atoms with E-state index in [4.69, 9.17) is 27.9 Å². The Balaban J connectivity index is 2.45. The maximum absolute atomic E-state index is 12.3. The Labute approximate surface area is 144 Å². The molecule has 23 heavy (non-hydrogen) atoms. The van der Waals surface area contributed by atoms with Gasteiger partial charge in [0.05, 0.1) is 25.5 Å². The summed E-state index contributed by atoms with van der Waals surface area (Å²) in [7, 11) is 0. The summed E-state index contributed by atoms with van der Waals surface area (Å²) in [6.45, 7) is 3.94. The maximum Gasteiger partial charge on any atom is 0.356 e. The van der Waals surface area contributed by atoms with E-state index in [1.165, 1.54) is 4.68 Å².